The third kappa shape index (κ3) is 4.90. The van der Waals surface area contributed by atoms with Crippen molar-refractivity contribution < 1.29 is 0 Å². The zero-order valence-electron chi connectivity index (χ0n) is 7.37. The molecule has 0 aliphatic carbocycles. The van der Waals surface area contributed by atoms with E-state index in [-0.39, 0.29) is 0 Å². The standard InChI is InChI=1S/C8H16N2S/c1-5-11-8(9)10-7(4)6(2)3/h5-7H,1H2,2-4H3,(H2,9,10). The molecule has 11 heavy (non-hydrogen) atoms. The number of aliphatic imine (C=N–C) groups is 1. The average Bonchev–Trinajstić information content (AvgIpc) is 1.87. The van der Waals surface area contributed by atoms with E-state index in [0.29, 0.717) is 17.1 Å². The Morgan fingerprint density at radius 3 is 2.45 bits per heavy atom. The van der Waals surface area contributed by atoms with Crippen LogP contribution in [0.15, 0.2) is 17.0 Å². The van der Waals surface area contributed by atoms with Crippen molar-refractivity contribution in [2.45, 2.75) is 26.8 Å². The van der Waals surface area contributed by atoms with Gasteiger partial charge in [0.15, 0.2) is 5.17 Å². The lowest BCUT2D eigenvalue weighted by Crippen LogP contribution is -2.14. The molecule has 0 rings (SSSR count). The summed E-state index contributed by atoms with van der Waals surface area (Å²) in [7, 11) is 0. The van der Waals surface area contributed by atoms with Crippen LogP contribution in [0.5, 0.6) is 0 Å². The van der Waals surface area contributed by atoms with Crippen molar-refractivity contribution >= 4 is 16.9 Å². The molecule has 0 saturated carbocycles. The third-order valence-corrected chi connectivity index (χ3v) is 2.01. The van der Waals surface area contributed by atoms with E-state index in [1.807, 2.05) is 0 Å². The normalized spacial score (nSPS) is 15.1. The molecule has 0 aliphatic rings. The molecule has 3 heteroatoms. The maximum Gasteiger partial charge on any atom is 0.158 e. The lowest BCUT2D eigenvalue weighted by atomic mass is 10.1. The number of hydrogen-bond donors (Lipinski definition) is 1. The summed E-state index contributed by atoms with van der Waals surface area (Å²) >= 11 is 1.37. The molecule has 0 spiro atoms. The summed E-state index contributed by atoms with van der Waals surface area (Å²) in [6.07, 6.45) is 0. The minimum absolute atomic E-state index is 0.294. The predicted octanol–water partition coefficient (Wildman–Crippen LogP) is 2.22. The highest BCUT2D eigenvalue weighted by Crippen LogP contribution is 2.08. The molecule has 2 nitrogen and oxygen atoms in total. The van der Waals surface area contributed by atoms with Crippen molar-refractivity contribution in [3.8, 4) is 0 Å². The van der Waals surface area contributed by atoms with Gasteiger partial charge in [0.05, 0.1) is 6.04 Å². The molecule has 2 N–H and O–H groups in total. The maximum atomic E-state index is 5.56. The monoisotopic (exact) mass is 172 g/mol. The predicted molar refractivity (Wildman–Crippen MR) is 53.7 cm³/mol. The van der Waals surface area contributed by atoms with Gasteiger partial charge in [-0.1, -0.05) is 32.2 Å². The average molecular weight is 172 g/mol. The van der Waals surface area contributed by atoms with Crippen LogP contribution in [0.3, 0.4) is 0 Å². The first-order valence-electron chi connectivity index (χ1n) is 3.68. The van der Waals surface area contributed by atoms with Gasteiger partial charge in [-0.2, -0.15) is 0 Å². The van der Waals surface area contributed by atoms with Crippen molar-refractivity contribution in [2.75, 3.05) is 0 Å². The first-order chi connectivity index (χ1) is 5.07. The van der Waals surface area contributed by atoms with Gasteiger partial charge in [0.2, 0.25) is 0 Å². The summed E-state index contributed by atoms with van der Waals surface area (Å²) in [5.74, 6) is 0.541. The summed E-state index contributed by atoms with van der Waals surface area (Å²) in [5.41, 5.74) is 5.56. The second-order valence-electron chi connectivity index (χ2n) is 2.74. The molecule has 0 bridgehead atoms. The smallest absolute Gasteiger partial charge is 0.158 e. The molecule has 1 unspecified atom stereocenters. The Kier molecular flexibility index (Phi) is 5.03. The van der Waals surface area contributed by atoms with Gasteiger partial charge in [-0.15, -0.1) is 0 Å². The minimum atomic E-state index is 0.294. The van der Waals surface area contributed by atoms with E-state index in [1.54, 1.807) is 5.41 Å². The molecular weight excluding hydrogens is 156 g/mol. The number of amidine groups is 1. The highest BCUT2D eigenvalue weighted by Gasteiger charge is 2.04. The van der Waals surface area contributed by atoms with Gasteiger partial charge in [0.1, 0.15) is 0 Å². The van der Waals surface area contributed by atoms with Crippen LogP contribution in [0.2, 0.25) is 0 Å². The number of nitrogens with two attached hydrogens (primary N) is 1. The third-order valence-electron chi connectivity index (χ3n) is 1.50. The van der Waals surface area contributed by atoms with E-state index in [0.717, 1.165) is 0 Å². The van der Waals surface area contributed by atoms with Gasteiger partial charge in [0, 0.05) is 0 Å². The molecule has 0 aromatic heterocycles. The van der Waals surface area contributed by atoms with E-state index in [4.69, 9.17) is 5.73 Å². The van der Waals surface area contributed by atoms with Crippen molar-refractivity contribution in [2.24, 2.45) is 16.6 Å². The van der Waals surface area contributed by atoms with Gasteiger partial charge >= 0.3 is 0 Å². The number of nitrogens with zero attached hydrogens (tertiary/aromatic N) is 1. The topological polar surface area (TPSA) is 38.4 Å². The number of rotatable bonds is 3. The minimum Gasteiger partial charge on any atom is -0.378 e. The number of thioether (sulfide) groups is 1. The van der Waals surface area contributed by atoms with Gasteiger partial charge in [-0.05, 0) is 18.2 Å². The van der Waals surface area contributed by atoms with E-state index in [9.17, 15) is 0 Å². The molecule has 0 aromatic rings. The molecular formula is C8H16N2S. The summed E-state index contributed by atoms with van der Waals surface area (Å²) in [4.78, 5) is 4.25. The SMILES string of the molecule is C=CSC(N)=NC(C)C(C)C. The first-order valence-corrected chi connectivity index (χ1v) is 4.56. The van der Waals surface area contributed by atoms with E-state index in [2.05, 4.69) is 32.3 Å². The van der Waals surface area contributed by atoms with Crippen LogP contribution in [0.4, 0.5) is 0 Å². The van der Waals surface area contributed by atoms with Crippen LogP contribution >= 0.6 is 11.8 Å². The quantitative estimate of drug-likeness (QED) is 0.523. The molecule has 0 amide bonds. The van der Waals surface area contributed by atoms with Gasteiger partial charge < -0.3 is 5.73 Å². The highest BCUT2D eigenvalue weighted by molar-refractivity contribution is 8.16. The van der Waals surface area contributed by atoms with Crippen molar-refractivity contribution in [3.63, 3.8) is 0 Å². The van der Waals surface area contributed by atoms with Crippen LogP contribution in [-0.4, -0.2) is 11.2 Å². The van der Waals surface area contributed by atoms with Crippen LogP contribution in [0, 0.1) is 5.92 Å². The van der Waals surface area contributed by atoms with Crippen LogP contribution in [0.25, 0.3) is 0 Å². The van der Waals surface area contributed by atoms with Crippen molar-refractivity contribution in [1.29, 1.82) is 0 Å². The van der Waals surface area contributed by atoms with Crippen LogP contribution < -0.4 is 5.73 Å². The Morgan fingerprint density at radius 1 is 1.55 bits per heavy atom. The Bertz CT molecular complexity index is 152. The lowest BCUT2D eigenvalue weighted by molar-refractivity contribution is 0.532. The number of hydrogen-bond acceptors (Lipinski definition) is 2. The fourth-order valence-electron chi connectivity index (χ4n) is 0.466. The Balaban J connectivity index is 3.95. The second-order valence-corrected chi connectivity index (χ2v) is 3.72. The summed E-state index contributed by atoms with van der Waals surface area (Å²) in [5, 5.41) is 2.28. The van der Waals surface area contributed by atoms with Crippen molar-refractivity contribution in [1.82, 2.24) is 0 Å². The van der Waals surface area contributed by atoms with E-state index < -0.39 is 0 Å². The van der Waals surface area contributed by atoms with Gasteiger partial charge in [0.25, 0.3) is 0 Å². The molecule has 0 saturated heterocycles. The van der Waals surface area contributed by atoms with Crippen molar-refractivity contribution in [3.05, 3.63) is 12.0 Å². The zero-order valence-corrected chi connectivity index (χ0v) is 8.19. The first kappa shape index (κ1) is 10.6. The molecule has 0 fully saturated rings. The second kappa shape index (κ2) is 5.24. The Labute approximate surface area is 73.0 Å². The molecule has 0 aromatic carbocycles. The summed E-state index contributed by atoms with van der Waals surface area (Å²) < 4.78 is 0. The fourth-order valence-corrected chi connectivity index (χ4v) is 0.863. The van der Waals surface area contributed by atoms with Gasteiger partial charge in [-0.3, -0.25) is 4.99 Å². The van der Waals surface area contributed by atoms with Crippen LogP contribution in [-0.2, 0) is 0 Å². The Morgan fingerprint density at radius 2 is 2.09 bits per heavy atom. The molecule has 0 heterocycles. The summed E-state index contributed by atoms with van der Waals surface area (Å²) in [6.45, 7) is 9.86. The zero-order chi connectivity index (χ0) is 8.85. The lowest BCUT2D eigenvalue weighted by Gasteiger charge is -2.10. The van der Waals surface area contributed by atoms with E-state index in [1.165, 1.54) is 11.8 Å². The largest absolute Gasteiger partial charge is 0.378 e. The fraction of sp³-hybridized carbons (Fsp3) is 0.625. The molecule has 0 radical (unpaired) electrons. The van der Waals surface area contributed by atoms with Crippen LogP contribution in [0.1, 0.15) is 20.8 Å². The van der Waals surface area contributed by atoms with Gasteiger partial charge in [-0.25, -0.2) is 0 Å². The highest BCUT2D eigenvalue weighted by atomic mass is 32.2. The summed E-state index contributed by atoms with van der Waals surface area (Å²) in [6, 6.07) is 0.294. The molecule has 0 aliphatic heterocycles. The van der Waals surface area contributed by atoms with E-state index >= 15 is 0 Å². The molecule has 1 atom stereocenters. The molecule has 64 valence electrons. The Hall–Kier alpha value is -0.440. The maximum absolute atomic E-state index is 5.56.